The van der Waals surface area contributed by atoms with Crippen molar-refractivity contribution in [1.82, 2.24) is 10.2 Å². The Bertz CT molecular complexity index is 566. The molecule has 1 atom stereocenters. The summed E-state index contributed by atoms with van der Waals surface area (Å²) in [5, 5.41) is 3.51. The molecular formula is C17H23ClN2O2. The van der Waals surface area contributed by atoms with Crippen LogP contribution in [0.25, 0.3) is 0 Å². The van der Waals surface area contributed by atoms with Crippen LogP contribution in [0.2, 0.25) is 5.02 Å². The second-order valence-electron chi connectivity index (χ2n) is 6.84. The number of carbonyl (C=O) groups is 2. The van der Waals surface area contributed by atoms with Crippen LogP contribution >= 0.6 is 11.6 Å². The lowest BCUT2D eigenvalue weighted by molar-refractivity contribution is 0.0843. The summed E-state index contributed by atoms with van der Waals surface area (Å²) in [5.74, 6) is -0.0892. The number of halogens is 1. The van der Waals surface area contributed by atoms with E-state index < -0.39 is 0 Å². The highest BCUT2D eigenvalue weighted by Gasteiger charge is 2.30. The first-order valence-electron chi connectivity index (χ1n) is 7.63. The molecule has 1 aliphatic rings. The molecule has 0 spiro atoms. The maximum Gasteiger partial charge on any atom is 0.317 e. The molecule has 0 aliphatic carbocycles. The molecule has 0 saturated carbocycles. The number of amides is 2. The summed E-state index contributed by atoms with van der Waals surface area (Å²) >= 11 is 5.95. The molecule has 1 saturated heterocycles. The third-order valence-corrected chi connectivity index (χ3v) is 3.91. The number of nitrogens with zero attached hydrogens (tertiary/aromatic N) is 1. The molecule has 22 heavy (non-hydrogen) atoms. The van der Waals surface area contributed by atoms with Crippen LogP contribution in [0.4, 0.5) is 4.79 Å². The molecule has 1 aromatic carbocycles. The minimum Gasteiger partial charge on any atom is -0.333 e. The molecule has 1 aliphatic heterocycles. The average Bonchev–Trinajstić information content (AvgIpc) is 2.45. The van der Waals surface area contributed by atoms with Gasteiger partial charge >= 0.3 is 6.03 Å². The van der Waals surface area contributed by atoms with Crippen LogP contribution in [0.1, 0.15) is 44.0 Å². The van der Waals surface area contributed by atoms with Crippen molar-refractivity contribution < 1.29 is 9.59 Å². The van der Waals surface area contributed by atoms with Crippen LogP contribution in [0, 0.1) is 5.92 Å². The number of hydrogen-bond acceptors (Lipinski definition) is 2. The van der Waals surface area contributed by atoms with Crippen molar-refractivity contribution >= 4 is 23.4 Å². The van der Waals surface area contributed by atoms with Crippen molar-refractivity contribution in [3.05, 3.63) is 34.9 Å². The van der Waals surface area contributed by atoms with Crippen LogP contribution in [0.3, 0.4) is 0 Å². The highest BCUT2D eigenvalue weighted by molar-refractivity contribution is 6.31. The molecular weight excluding hydrogens is 300 g/mol. The van der Waals surface area contributed by atoms with Crippen LogP contribution in [-0.4, -0.2) is 35.3 Å². The van der Waals surface area contributed by atoms with Crippen molar-refractivity contribution in [2.45, 2.75) is 39.2 Å². The molecule has 120 valence electrons. The first-order chi connectivity index (χ1) is 10.3. The molecule has 0 radical (unpaired) electrons. The highest BCUT2D eigenvalue weighted by atomic mass is 35.5. The van der Waals surface area contributed by atoms with Gasteiger partial charge in [0.2, 0.25) is 0 Å². The molecule has 0 bridgehead atoms. The zero-order valence-electron chi connectivity index (χ0n) is 13.4. The van der Waals surface area contributed by atoms with E-state index >= 15 is 0 Å². The van der Waals surface area contributed by atoms with Gasteiger partial charge in [-0.3, -0.25) is 4.79 Å². The van der Waals surface area contributed by atoms with Gasteiger partial charge in [0, 0.05) is 35.1 Å². The lowest BCUT2D eigenvalue weighted by atomic mass is 9.90. The van der Waals surface area contributed by atoms with Crippen LogP contribution in [0.5, 0.6) is 0 Å². The Morgan fingerprint density at radius 3 is 2.68 bits per heavy atom. The number of urea groups is 1. The van der Waals surface area contributed by atoms with E-state index in [0.29, 0.717) is 23.7 Å². The summed E-state index contributed by atoms with van der Waals surface area (Å²) in [5.41, 5.74) is 0.344. The fraction of sp³-hybridized carbons (Fsp3) is 0.529. The van der Waals surface area contributed by atoms with E-state index in [9.17, 15) is 9.59 Å². The third kappa shape index (κ3) is 4.47. The smallest absolute Gasteiger partial charge is 0.317 e. The van der Waals surface area contributed by atoms with Gasteiger partial charge in [0.25, 0.3) is 0 Å². The summed E-state index contributed by atoms with van der Waals surface area (Å²) in [4.78, 5) is 26.6. The summed E-state index contributed by atoms with van der Waals surface area (Å²) in [6, 6.07) is 6.90. The number of piperidine rings is 1. The normalized spacial score (nSPS) is 18.9. The summed E-state index contributed by atoms with van der Waals surface area (Å²) in [6.07, 6.45) is 1.65. The van der Waals surface area contributed by atoms with Crippen LogP contribution in [-0.2, 0) is 0 Å². The predicted molar refractivity (Wildman–Crippen MR) is 88.4 cm³/mol. The Morgan fingerprint density at radius 1 is 1.32 bits per heavy atom. The minimum absolute atomic E-state index is 0.0655. The van der Waals surface area contributed by atoms with Crippen molar-refractivity contribution in [3.63, 3.8) is 0 Å². The maximum atomic E-state index is 12.6. The van der Waals surface area contributed by atoms with Gasteiger partial charge in [0.05, 0.1) is 0 Å². The SMILES string of the molecule is CC(C)(C)NC(=O)N1CCC[C@@H](C(=O)c2cccc(Cl)c2)C1. The Kier molecular flexibility index (Phi) is 5.12. The van der Waals surface area contributed by atoms with Crippen molar-refractivity contribution in [3.8, 4) is 0 Å². The van der Waals surface area contributed by atoms with Gasteiger partial charge in [0.15, 0.2) is 5.78 Å². The lowest BCUT2D eigenvalue weighted by Crippen LogP contribution is -2.52. The number of carbonyl (C=O) groups excluding carboxylic acids is 2. The van der Waals surface area contributed by atoms with E-state index in [2.05, 4.69) is 5.32 Å². The number of hydrogen-bond donors (Lipinski definition) is 1. The van der Waals surface area contributed by atoms with Gasteiger partial charge < -0.3 is 10.2 Å². The number of Topliss-reactive ketones (excluding diaryl/α,β-unsaturated/α-hetero) is 1. The first kappa shape index (κ1) is 16.8. The molecule has 2 amide bonds. The fourth-order valence-electron chi connectivity index (χ4n) is 2.65. The molecule has 1 fully saturated rings. The summed E-state index contributed by atoms with van der Waals surface area (Å²) in [7, 11) is 0. The highest BCUT2D eigenvalue weighted by Crippen LogP contribution is 2.22. The molecule has 2 rings (SSSR count). The Morgan fingerprint density at radius 2 is 2.05 bits per heavy atom. The van der Waals surface area contributed by atoms with Crippen molar-refractivity contribution in [2.24, 2.45) is 5.92 Å². The van der Waals surface area contributed by atoms with Crippen LogP contribution < -0.4 is 5.32 Å². The second-order valence-corrected chi connectivity index (χ2v) is 7.28. The number of benzene rings is 1. The van der Waals surface area contributed by atoms with Gasteiger partial charge in [-0.25, -0.2) is 4.79 Å². The molecule has 1 N–H and O–H groups in total. The quantitative estimate of drug-likeness (QED) is 0.843. The van der Waals surface area contributed by atoms with E-state index in [4.69, 9.17) is 11.6 Å². The number of likely N-dealkylation sites (tertiary alicyclic amines) is 1. The average molecular weight is 323 g/mol. The van der Waals surface area contributed by atoms with Crippen molar-refractivity contribution in [1.29, 1.82) is 0 Å². The molecule has 1 heterocycles. The van der Waals surface area contributed by atoms with E-state index in [-0.39, 0.29) is 23.3 Å². The van der Waals surface area contributed by atoms with E-state index in [1.165, 1.54) is 0 Å². The summed E-state index contributed by atoms with van der Waals surface area (Å²) < 4.78 is 0. The van der Waals surface area contributed by atoms with E-state index in [1.807, 2.05) is 20.8 Å². The number of ketones is 1. The standard InChI is InChI=1S/C17H23ClN2O2/c1-17(2,3)19-16(22)20-9-5-7-13(11-20)15(21)12-6-4-8-14(18)10-12/h4,6,8,10,13H,5,7,9,11H2,1-3H3,(H,19,22)/t13-/m1/s1. The van der Waals surface area contributed by atoms with E-state index in [0.717, 1.165) is 12.8 Å². The van der Waals surface area contributed by atoms with Crippen molar-refractivity contribution in [2.75, 3.05) is 13.1 Å². The lowest BCUT2D eigenvalue weighted by Gasteiger charge is -2.34. The van der Waals surface area contributed by atoms with Gasteiger partial charge in [0.1, 0.15) is 0 Å². The first-order valence-corrected chi connectivity index (χ1v) is 8.01. The molecule has 4 nitrogen and oxygen atoms in total. The number of rotatable bonds is 2. The topological polar surface area (TPSA) is 49.4 Å². The minimum atomic E-state index is -0.277. The third-order valence-electron chi connectivity index (χ3n) is 3.67. The molecule has 1 aromatic rings. The van der Waals surface area contributed by atoms with Crippen LogP contribution in [0.15, 0.2) is 24.3 Å². The van der Waals surface area contributed by atoms with Gasteiger partial charge in [-0.15, -0.1) is 0 Å². The van der Waals surface area contributed by atoms with Gasteiger partial charge in [-0.05, 0) is 45.7 Å². The Balaban J connectivity index is 2.04. The van der Waals surface area contributed by atoms with Gasteiger partial charge in [-0.1, -0.05) is 23.7 Å². The molecule has 0 unspecified atom stereocenters. The Labute approximate surface area is 136 Å². The molecule has 0 aromatic heterocycles. The molecule has 5 heteroatoms. The fourth-order valence-corrected chi connectivity index (χ4v) is 2.84. The van der Waals surface area contributed by atoms with E-state index in [1.54, 1.807) is 29.2 Å². The predicted octanol–water partition coefficient (Wildman–Crippen LogP) is 3.74. The zero-order chi connectivity index (χ0) is 16.3. The van der Waals surface area contributed by atoms with Gasteiger partial charge in [-0.2, -0.15) is 0 Å². The maximum absolute atomic E-state index is 12.6. The summed E-state index contributed by atoms with van der Waals surface area (Å²) in [6.45, 7) is 7.00. The number of nitrogens with one attached hydrogen (secondary N) is 1. The zero-order valence-corrected chi connectivity index (χ0v) is 14.1. The monoisotopic (exact) mass is 322 g/mol. The largest absolute Gasteiger partial charge is 0.333 e. The Hall–Kier alpha value is -1.55. The second kappa shape index (κ2) is 6.69.